The Hall–Kier alpha value is -3.13. The standard InChI is InChI=1S/C22H17NO/c1-16-11-13-18(14-12-16)23-20-15-22(17-7-3-2-4-8-17)24-21-10-6-5-9-19(20)21/h2-15H,1H3. The molecule has 0 unspecified atom stereocenters. The highest BCUT2D eigenvalue weighted by atomic mass is 16.3. The van der Waals surface area contributed by atoms with Gasteiger partial charge in [0, 0.05) is 17.0 Å². The van der Waals surface area contributed by atoms with Gasteiger partial charge in [-0.05, 0) is 31.2 Å². The molecule has 1 heterocycles. The molecule has 0 aliphatic heterocycles. The predicted octanol–water partition coefficient (Wildman–Crippen LogP) is 5.64. The zero-order valence-electron chi connectivity index (χ0n) is 13.4. The molecule has 0 N–H and O–H groups in total. The second-order valence-electron chi connectivity index (χ2n) is 5.81. The Labute approximate surface area is 140 Å². The Morgan fingerprint density at radius 3 is 2.25 bits per heavy atom. The third-order valence-electron chi connectivity index (χ3n) is 3.99. The van der Waals surface area contributed by atoms with Gasteiger partial charge < -0.3 is 4.42 Å². The summed E-state index contributed by atoms with van der Waals surface area (Å²) < 4.78 is 6.09. The van der Waals surface area contributed by atoms with Gasteiger partial charge in [-0.15, -0.1) is 0 Å². The lowest BCUT2D eigenvalue weighted by molar-refractivity contribution is 0.618. The second kappa shape index (κ2) is 6.17. The van der Waals surface area contributed by atoms with E-state index < -0.39 is 0 Å². The lowest BCUT2D eigenvalue weighted by Gasteiger charge is -2.05. The van der Waals surface area contributed by atoms with E-state index in [-0.39, 0.29) is 0 Å². The summed E-state index contributed by atoms with van der Waals surface area (Å²) in [5.74, 6) is 0.820. The number of aryl methyl sites for hydroxylation is 1. The van der Waals surface area contributed by atoms with Gasteiger partial charge in [-0.25, -0.2) is 4.99 Å². The molecule has 0 saturated carbocycles. The summed E-state index contributed by atoms with van der Waals surface area (Å²) in [5, 5.41) is 1.93. The predicted molar refractivity (Wildman–Crippen MR) is 98.1 cm³/mol. The van der Waals surface area contributed by atoms with Crippen LogP contribution < -0.4 is 5.36 Å². The van der Waals surface area contributed by atoms with E-state index in [2.05, 4.69) is 19.1 Å². The molecule has 3 aromatic carbocycles. The van der Waals surface area contributed by atoms with Crippen LogP contribution >= 0.6 is 0 Å². The van der Waals surface area contributed by atoms with Gasteiger partial charge in [0.2, 0.25) is 0 Å². The smallest absolute Gasteiger partial charge is 0.136 e. The van der Waals surface area contributed by atoms with Crippen molar-refractivity contribution < 1.29 is 4.42 Å². The minimum absolute atomic E-state index is 0.820. The summed E-state index contributed by atoms with van der Waals surface area (Å²) in [5.41, 5.74) is 4.05. The van der Waals surface area contributed by atoms with Crippen molar-refractivity contribution in [2.24, 2.45) is 4.99 Å². The van der Waals surface area contributed by atoms with Crippen LogP contribution in [0.4, 0.5) is 5.69 Å². The maximum atomic E-state index is 6.09. The molecule has 2 heteroatoms. The van der Waals surface area contributed by atoms with Crippen molar-refractivity contribution >= 4 is 16.7 Å². The summed E-state index contributed by atoms with van der Waals surface area (Å²) in [7, 11) is 0. The molecule has 0 aliphatic carbocycles. The van der Waals surface area contributed by atoms with Crippen LogP contribution in [-0.4, -0.2) is 0 Å². The van der Waals surface area contributed by atoms with Gasteiger partial charge in [-0.1, -0.05) is 60.2 Å². The fourth-order valence-corrected chi connectivity index (χ4v) is 2.71. The van der Waals surface area contributed by atoms with Gasteiger partial charge in [0.25, 0.3) is 0 Å². The molecular formula is C22H17NO. The molecule has 0 saturated heterocycles. The number of benzene rings is 3. The van der Waals surface area contributed by atoms with Crippen molar-refractivity contribution in [3.63, 3.8) is 0 Å². The monoisotopic (exact) mass is 311 g/mol. The van der Waals surface area contributed by atoms with Crippen molar-refractivity contribution in [3.05, 3.63) is 95.8 Å². The fraction of sp³-hybridized carbons (Fsp3) is 0.0455. The average molecular weight is 311 g/mol. The normalized spacial score (nSPS) is 11.8. The Bertz CT molecular complexity index is 1040. The van der Waals surface area contributed by atoms with Crippen molar-refractivity contribution in [2.75, 3.05) is 0 Å². The highest BCUT2D eigenvalue weighted by Gasteiger charge is 2.05. The second-order valence-corrected chi connectivity index (χ2v) is 5.81. The van der Waals surface area contributed by atoms with Crippen molar-refractivity contribution in [2.45, 2.75) is 6.92 Å². The largest absolute Gasteiger partial charge is 0.456 e. The van der Waals surface area contributed by atoms with Gasteiger partial charge in [0.15, 0.2) is 0 Å². The summed E-state index contributed by atoms with van der Waals surface area (Å²) in [6, 6.07) is 28.4. The summed E-state index contributed by atoms with van der Waals surface area (Å²) in [6.07, 6.45) is 0. The summed E-state index contributed by atoms with van der Waals surface area (Å²) in [4.78, 5) is 4.84. The van der Waals surface area contributed by atoms with E-state index in [1.807, 2.05) is 72.8 Å². The maximum Gasteiger partial charge on any atom is 0.136 e. The van der Waals surface area contributed by atoms with E-state index in [1.54, 1.807) is 0 Å². The Morgan fingerprint density at radius 2 is 1.46 bits per heavy atom. The van der Waals surface area contributed by atoms with Crippen molar-refractivity contribution in [1.82, 2.24) is 0 Å². The molecule has 1 aromatic heterocycles. The van der Waals surface area contributed by atoms with Crippen LogP contribution in [0.15, 0.2) is 94.3 Å². The number of fused-ring (bicyclic) bond motifs is 1. The Balaban J connectivity index is 1.98. The number of hydrogen-bond donors (Lipinski definition) is 0. The van der Waals surface area contributed by atoms with Gasteiger partial charge >= 0.3 is 0 Å². The van der Waals surface area contributed by atoms with E-state index in [4.69, 9.17) is 9.41 Å². The van der Waals surface area contributed by atoms with E-state index in [0.29, 0.717) is 0 Å². The summed E-state index contributed by atoms with van der Waals surface area (Å²) >= 11 is 0. The van der Waals surface area contributed by atoms with Crippen molar-refractivity contribution in [1.29, 1.82) is 0 Å². The Kier molecular flexibility index (Phi) is 3.72. The van der Waals surface area contributed by atoms with Crippen LogP contribution in [0.3, 0.4) is 0 Å². The molecular weight excluding hydrogens is 294 g/mol. The molecule has 2 nitrogen and oxygen atoms in total. The molecule has 4 aromatic rings. The molecule has 116 valence electrons. The van der Waals surface area contributed by atoms with Gasteiger partial charge in [0.05, 0.1) is 11.0 Å². The molecule has 0 bridgehead atoms. The molecule has 0 atom stereocenters. The zero-order valence-corrected chi connectivity index (χ0v) is 13.4. The van der Waals surface area contributed by atoms with Gasteiger partial charge in [-0.2, -0.15) is 0 Å². The van der Waals surface area contributed by atoms with Crippen LogP contribution in [0.1, 0.15) is 5.56 Å². The first-order valence-electron chi connectivity index (χ1n) is 7.99. The first kappa shape index (κ1) is 14.5. The molecule has 0 radical (unpaired) electrons. The molecule has 24 heavy (non-hydrogen) atoms. The SMILES string of the molecule is Cc1ccc(N=c2cc(-c3ccccc3)oc3ccccc23)cc1. The van der Waals surface area contributed by atoms with Gasteiger partial charge in [-0.3, -0.25) is 0 Å². The van der Waals surface area contributed by atoms with Crippen LogP contribution in [0.2, 0.25) is 0 Å². The topological polar surface area (TPSA) is 25.5 Å². The third-order valence-corrected chi connectivity index (χ3v) is 3.99. The molecule has 0 spiro atoms. The van der Waals surface area contributed by atoms with E-state index in [1.165, 1.54) is 5.56 Å². The first-order valence-corrected chi connectivity index (χ1v) is 7.99. The average Bonchev–Trinajstić information content (AvgIpc) is 2.64. The molecule has 0 aliphatic rings. The Morgan fingerprint density at radius 1 is 0.750 bits per heavy atom. The van der Waals surface area contributed by atoms with E-state index in [9.17, 15) is 0 Å². The highest BCUT2D eigenvalue weighted by Crippen LogP contribution is 2.22. The van der Waals surface area contributed by atoms with Gasteiger partial charge in [0.1, 0.15) is 11.3 Å². The van der Waals surface area contributed by atoms with Crippen LogP contribution in [0, 0.1) is 6.92 Å². The zero-order chi connectivity index (χ0) is 16.4. The lowest BCUT2D eigenvalue weighted by Crippen LogP contribution is -2.02. The highest BCUT2D eigenvalue weighted by molar-refractivity contribution is 5.78. The lowest BCUT2D eigenvalue weighted by atomic mass is 10.1. The first-order chi connectivity index (χ1) is 11.8. The van der Waals surface area contributed by atoms with Crippen LogP contribution in [-0.2, 0) is 0 Å². The third kappa shape index (κ3) is 2.86. The van der Waals surface area contributed by atoms with Crippen LogP contribution in [0.25, 0.3) is 22.3 Å². The minimum Gasteiger partial charge on any atom is -0.456 e. The van der Waals surface area contributed by atoms with Crippen LogP contribution in [0.5, 0.6) is 0 Å². The van der Waals surface area contributed by atoms with Crippen molar-refractivity contribution in [3.8, 4) is 11.3 Å². The molecule has 0 fully saturated rings. The minimum atomic E-state index is 0.820. The number of hydrogen-bond acceptors (Lipinski definition) is 2. The number of rotatable bonds is 2. The maximum absolute atomic E-state index is 6.09. The summed E-state index contributed by atoms with van der Waals surface area (Å²) in [6.45, 7) is 2.08. The number of para-hydroxylation sites is 1. The number of nitrogens with zero attached hydrogens (tertiary/aromatic N) is 1. The molecule has 0 amide bonds. The van der Waals surface area contributed by atoms with E-state index >= 15 is 0 Å². The fourth-order valence-electron chi connectivity index (χ4n) is 2.71. The van der Waals surface area contributed by atoms with E-state index in [0.717, 1.165) is 33.3 Å². The molecule has 4 rings (SSSR count). The quantitative estimate of drug-likeness (QED) is 0.470.